The van der Waals surface area contributed by atoms with Crippen LogP contribution in [0.1, 0.15) is 47.2 Å². The Labute approximate surface area is 159 Å². The lowest BCUT2D eigenvalue weighted by molar-refractivity contribution is -0.114. The highest BCUT2D eigenvalue weighted by Crippen LogP contribution is 2.29. The van der Waals surface area contributed by atoms with E-state index in [1.807, 2.05) is 36.1 Å². The van der Waals surface area contributed by atoms with Crippen LogP contribution in [0.3, 0.4) is 0 Å². The van der Waals surface area contributed by atoms with Crippen LogP contribution in [0.5, 0.6) is 0 Å². The number of benzene rings is 2. The topological polar surface area (TPSA) is 49.4 Å². The number of hydrogen-bond acceptors (Lipinski definition) is 2. The minimum atomic E-state index is -0.138. The Morgan fingerprint density at radius 2 is 1.73 bits per heavy atom. The van der Waals surface area contributed by atoms with Gasteiger partial charge in [0.15, 0.2) is 0 Å². The van der Waals surface area contributed by atoms with Crippen LogP contribution in [0.4, 0.5) is 5.69 Å². The van der Waals surface area contributed by atoms with Crippen molar-refractivity contribution < 1.29 is 9.59 Å². The highest BCUT2D eigenvalue weighted by molar-refractivity contribution is 6.30. The highest BCUT2D eigenvalue weighted by Gasteiger charge is 2.25. The molecule has 26 heavy (non-hydrogen) atoms. The molecule has 4 nitrogen and oxygen atoms in total. The fourth-order valence-corrected chi connectivity index (χ4v) is 3.54. The van der Waals surface area contributed by atoms with Gasteiger partial charge in [-0.15, -0.1) is 0 Å². The molecule has 1 N–H and O–H groups in total. The van der Waals surface area contributed by atoms with E-state index in [2.05, 4.69) is 17.4 Å². The molecule has 5 heteroatoms. The van der Waals surface area contributed by atoms with Crippen LogP contribution in [0.15, 0.2) is 42.5 Å². The van der Waals surface area contributed by atoms with Crippen LogP contribution >= 0.6 is 11.6 Å². The molecule has 3 rings (SSSR count). The summed E-state index contributed by atoms with van der Waals surface area (Å²) in [6, 6.07) is 13.5. The van der Waals surface area contributed by atoms with Crippen molar-refractivity contribution in [1.29, 1.82) is 0 Å². The lowest BCUT2D eigenvalue weighted by Gasteiger charge is -2.32. The first-order valence-electron chi connectivity index (χ1n) is 8.87. The van der Waals surface area contributed by atoms with E-state index in [9.17, 15) is 9.59 Å². The molecule has 0 bridgehead atoms. The molecule has 0 aromatic heterocycles. The number of carbonyl (C=O) groups is 2. The largest absolute Gasteiger partial charge is 0.339 e. The number of rotatable bonds is 3. The fourth-order valence-electron chi connectivity index (χ4n) is 3.41. The van der Waals surface area contributed by atoms with Crippen molar-refractivity contribution in [2.75, 3.05) is 18.4 Å². The number of anilines is 1. The van der Waals surface area contributed by atoms with Crippen LogP contribution in [0, 0.1) is 6.92 Å². The predicted octanol–water partition coefficient (Wildman–Crippen LogP) is 4.63. The van der Waals surface area contributed by atoms with E-state index >= 15 is 0 Å². The van der Waals surface area contributed by atoms with Crippen molar-refractivity contribution in [2.45, 2.75) is 32.6 Å². The third-order valence-corrected chi connectivity index (χ3v) is 5.17. The first kappa shape index (κ1) is 18.5. The average molecular weight is 371 g/mol. The van der Waals surface area contributed by atoms with E-state index in [4.69, 9.17) is 11.6 Å². The highest BCUT2D eigenvalue weighted by atomic mass is 35.5. The number of nitrogens with zero attached hydrogens (tertiary/aromatic N) is 1. The van der Waals surface area contributed by atoms with Gasteiger partial charge in [0, 0.05) is 36.3 Å². The quantitative estimate of drug-likeness (QED) is 0.856. The zero-order chi connectivity index (χ0) is 18.7. The lowest BCUT2D eigenvalue weighted by Crippen LogP contribution is -2.38. The third kappa shape index (κ3) is 4.25. The van der Waals surface area contributed by atoms with Gasteiger partial charge < -0.3 is 10.2 Å². The van der Waals surface area contributed by atoms with Gasteiger partial charge in [-0.1, -0.05) is 29.8 Å². The molecule has 0 aliphatic carbocycles. The number of carbonyl (C=O) groups excluding carboxylic acids is 2. The maximum Gasteiger partial charge on any atom is 0.253 e. The second kappa shape index (κ2) is 7.92. The summed E-state index contributed by atoms with van der Waals surface area (Å²) >= 11 is 5.96. The van der Waals surface area contributed by atoms with Gasteiger partial charge in [-0.25, -0.2) is 0 Å². The van der Waals surface area contributed by atoms with E-state index in [0.29, 0.717) is 17.2 Å². The smallest absolute Gasteiger partial charge is 0.253 e. The van der Waals surface area contributed by atoms with Crippen molar-refractivity contribution in [3.05, 3.63) is 64.2 Å². The molecule has 1 fully saturated rings. The monoisotopic (exact) mass is 370 g/mol. The van der Waals surface area contributed by atoms with Gasteiger partial charge in [-0.05, 0) is 61.1 Å². The number of hydrogen-bond donors (Lipinski definition) is 1. The number of aryl methyl sites for hydroxylation is 1. The van der Waals surface area contributed by atoms with E-state index in [1.165, 1.54) is 12.5 Å². The molecular formula is C21H23ClN2O2. The first-order chi connectivity index (χ1) is 12.4. The molecule has 0 saturated carbocycles. The van der Waals surface area contributed by atoms with Gasteiger partial charge in [-0.2, -0.15) is 0 Å². The van der Waals surface area contributed by atoms with Crippen LogP contribution in [-0.2, 0) is 4.79 Å². The van der Waals surface area contributed by atoms with E-state index in [1.54, 1.807) is 6.07 Å². The number of amides is 2. The van der Waals surface area contributed by atoms with Crippen molar-refractivity contribution in [2.24, 2.45) is 0 Å². The van der Waals surface area contributed by atoms with Gasteiger partial charge in [0.2, 0.25) is 5.91 Å². The second-order valence-electron chi connectivity index (χ2n) is 6.83. The Morgan fingerprint density at radius 3 is 2.35 bits per heavy atom. The van der Waals surface area contributed by atoms with Gasteiger partial charge >= 0.3 is 0 Å². The molecule has 136 valence electrons. The van der Waals surface area contributed by atoms with Crippen molar-refractivity contribution in [3.8, 4) is 0 Å². The summed E-state index contributed by atoms with van der Waals surface area (Å²) in [5.74, 6) is 0.344. The van der Waals surface area contributed by atoms with E-state index in [0.717, 1.165) is 36.5 Å². The van der Waals surface area contributed by atoms with Gasteiger partial charge in [-0.3, -0.25) is 9.59 Å². The van der Waals surface area contributed by atoms with Gasteiger partial charge in [0.1, 0.15) is 0 Å². The van der Waals surface area contributed by atoms with Crippen molar-refractivity contribution >= 4 is 29.1 Å². The molecule has 1 heterocycles. The summed E-state index contributed by atoms with van der Waals surface area (Å²) in [6.07, 6.45) is 1.88. The molecular weight excluding hydrogens is 348 g/mol. The summed E-state index contributed by atoms with van der Waals surface area (Å²) in [7, 11) is 0. The molecule has 1 aliphatic rings. The summed E-state index contributed by atoms with van der Waals surface area (Å²) in [5, 5.41) is 3.53. The Hall–Kier alpha value is -2.33. The van der Waals surface area contributed by atoms with Crippen LogP contribution in [0.2, 0.25) is 5.02 Å². The first-order valence-corrected chi connectivity index (χ1v) is 9.25. The number of halogens is 1. The fraction of sp³-hybridized carbons (Fsp3) is 0.333. The molecule has 1 saturated heterocycles. The minimum absolute atomic E-state index is 0.0196. The van der Waals surface area contributed by atoms with Gasteiger partial charge in [0.05, 0.1) is 0 Å². The van der Waals surface area contributed by atoms with Gasteiger partial charge in [0.25, 0.3) is 5.91 Å². The average Bonchev–Trinajstić information content (AvgIpc) is 2.63. The molecule has 2 amide bonds. The Balaban J connectivity index is 1.66. The molecule has 2 aromatic carbocycles. The maximum absolute atomic E-state index is 12.8. The Kier molecular flexibility index (Phi) is 5.62. The standard InChI is InChI=1S/C21H23ClN2O2/c1-14-3-4-18(13-20(14)23-15(2)25)21(26)24-11-9-17(10-12-24)16-5-7-19(22)8-6-16/h3-8,13,17H,9-12H2,1-2H3,(H,23,25). The summed E-state index contributed by atoms with van der Waals surface area (Å²) in [5.41, 5.74) is 3.53. The molecule has 1 aliphatic heterocycles. The normalized spacial score (nSPS) is 15.0. The molecule has 0 unspecified atom stereocenters. The maximum atomic E-state index is 12.8. The molecule has 0 atom stereocenters. The number of likely N-dealkylation sites (tertiary alicyclic amines) is 1. The minimum Gasteiger partial charge on any atom is -0.339 e. The summed E-state index contributed by atoms with van der Waals surface area (Å²) in [6.45, 7) is 4.84. The zero-order valence-corrected chi connectivity index (χ0v) is 15.8. The zero-order valence-electron chi connectivity index (χ0n) is 15.1. The molecule has 0 spiro atoms. The number of piperidine rings is 1. The van der Waals surface area contributed by atoms with Crippen LogP contribution in [0.25, 0.3) is 0 Å². The summed E-state index contributed by atoms with van der Waals surface area (Å²) < 4.78 is 0. The lowest BCUT2D eigenvalue weighted by atomic mass is 9.89. The SMILES string of the molecule is CC(=O)Nc1cc(C(=O)N2CCC(c3ccc(Cl)cc3)CC2)ccc1C. The summed E-state index contributed by atoms with van der Waals surface area (Å²) in [4.78, 5) is 26.1. The Morgan fingerprint density at radius 1 is 1.08 bits per heavy atom. The second-order valence-corrected chi connectivity index (χ2v) is 7.27. The van der Waals surface area contributed by atoms with E-state index in [-0.39, 0.29) is 11.8 Å². The third-order valence-electron chi connectivity index (χ3n) is 4.92. The van der Waals surface area contributed by atoms with Crippen molar-refractivity contribution in [1.82, 2.24) is 4.90 Å². The van der Waals surface area contributed by atoms with Crippen LogP contribution < -0.4 is 5.32 Å². The molecule has 0 radical (unpaired) electrons. The van der Waals surface area contributed by atoms with Crippen molar-refractivity contribution in [3.63, 3.8) is 0 Å². The van der Waals surface area contributed by atoms with E-state index < -0.39 is 0 Å². The number of nitrogens with one attached hydrogen (secondary N) is 1. The van der Waals surface area contributed by atoms with Crippen LogP contribution in [-0.4, -0.2) is 29.8 Å². The molecule has 2 aromatic rings. The predicted molar refractivity (Wildman–Crippen MR) is 105 cm³/mol. The Bertz CT molecular complexity index is 809.